The Kier molecular flexibility index (Phi) is 13.2. The number of hydrogen-bond donors (Lipinski definition) is 0. The summed E-state index contributed by atoms with van der Waals surface area (Å²) in [5.74, 6) is 0. The monoisotopic (exact) mass is 801 g/mol. The summed E-state index contributed by atoms with van der Waals surface area (Å²) in [6, 6.07) is 33.8. The molecule has 0 amide bonds. The molecule has 0 unspecified atom stereocenters. The van der Waals surface area contributed by atoms with Gasteiger partial charge in [-0.3, -0.25) is 0 Å². The van der Waals surface area contributed by atoms with E-state index in [-0.39, 0.29) is 10.8 Å². The number of fused-ring (bicyclic) bond motifs is 12. The van der Waals surface area contributed by atoms with E-state index in [1.165, 1.54) is 161 Å². The van der Waals surface area contributed by atoms with E-state index in [2.05, 4.69) is 138 Å². The van der Waals surface area contributed by atoms with Crippen molar-refractivity contribution >= 4 is 31.5 Å². The molecule has 0 aliphatic heterocycles. The number of benzene rings is 5. The molecule has 1 heteroatoms. The van der Waals surface area contributed by atoms with Crippen molar-refractivity contribution in [3.05, 3.63) is 118 Å². The van der Waals surface area contributed by atoms with Crippen LogP contribution in [0.25, 0.3) is 53.6 Å². The minimum Gasteiger partial charge on any atom is -0.134 e. The summed E-state index contributed by atoms with van der Waals surface area (Å²) >= 11 is 2.11. The van der Waals surface area contributed by atoms with Gasteiger partial charge >= 0.3 is 0 Å². The van der Waals surface area contributed by atoms with Gasteiger partial charge in [-0.2, -0.15) is 0 Å². The van der Waals surface area contributed by atoms with Gasteiger partial charge < -0.3 is 0 Å². The van der Waals surface area contributed by atoms with Crippen LogP contribution in [0.5, 0.6) is 0 Å². The summed E-state index contributed by atoms with van der Waals surface area (Å²) in [5, 5.41) is 3.01. The van der Waals surface area contributed by atoms with Crippen LogP contribution in [0.15, 0.2) is 84.9 Å². The zero-order valence-electron chi connectivity index (χ0n) is 37.6. The van der Waals surface area contributed by atoms with Gasteiger partial charge in [0.05, 0.1) is 0 Å². The van der Waals surface area contributed by atoms with Gasteiger partial charge in [0.1, 0.15) is 0 Å². The van der Waals surface area contributed by atoms with Crippen LogP contribution in [0.2, 0.25) is 0 Å². The van der Waals surface area contributed by atoms with E-state index in [1.54, 1.807) is 54.6 Å². The van der Waals surface area contributed by atoms with Crippen molar-refractivity contribution in [2.45, 2.75) is 181 Å². The lowest BCUT2D eigenvalue weighted by atomic mass is 9.62. The van der Waals surface area contributed by atoms with E-state index in [0.717, 1.165) is 0 Å². The van der Waals surface area contributed by atoms with Crippen molar-refractivity contribution < 1.29 is 0 Å². The second-order valence-electron chi connectivity index (χ2n) is 18.9. The molecule has 1 aromatic heterocycles. The molecule has 2 aliphatic carbocycles. The molecule has 2 aliphatic rings. The molecule has 0 radical (unpaired) electrons. The second kappa shape index (κ2) is 18.5. The largest absolute Gasteiger partial charge is 0.134 e. The molecule has 59 heavy (non-hydrogen) atoms. The summed E-state index contributed by atoms with van der Waals surface area (Å²) in [7, 11) is 0. The van der Waals surface area contributed by atoms with Crippen LogP contribution in [0.4, 0.5) is 0 Å². The molecule has 5 aromatic carbocycles. The number of unbranched alkanes of at least 4 members (excludes halogenated alkanes) is 12. The highest BCUT2D eigenvalue weighted by Gasteiger charge is 2.53. The van der Waals surface area contributed by atoms with Crippen LogP contribution < -0.4 is 0 Å². The van der Waals surface area contributed by atoms with Crippen LogP contribution >= 0.6 is 11.3 Å². The molecule has 310 valence electrons. The average Bonchev–Trinajstić information content (AvgIpc) is 3.86. The normalized spacial score (nSPS) is 14.5. The highest BCUT2D eigenvalue weighted by molar-refractivity contribution is 7.27. The second-order valence-corrected chi connectivity index (χ2v) is 19.9. The van der Waals surface area contributed by atoms with Gasteiger partial charge in [-0.25, -0.2) is 0 Å². The lowest BCUT2D eigenvalue weighted by molar-refractivity contribution is 0.370. The van der Waals surface area contributed by atoms with Crippen LogP contribution in [0, 0.1) is 13.8 Å². The van der Waals surface area contributed by atoms with Gasteiger partial charge in [0, 0.05) is 36.6 Å². The Balaban J connectivity index is 1.54. The molecule has 0 spiro atoms. The molecular formula is C58H72S. The van der Waals surface area contributed by atoms with E-state index < -0.39 is 0 Å². The van der Waals surface area contributed by atoms with Crippen LogP contribution in [-0.2, 0) is 10.8 Å². The molecule has 0 saturated carbocycles. The lowest BCUT2D eigenvalue weighted by Crippen LogP contribution is -2.33. The Hall–Kier alpha value is -3.68. The van der Waals surface area contributed by atoms with Gasteiger partial charge in [0.2, 0.25) is 0 Å². The molecule has 0 bridgehead atoms. The van der Waals surface area contributed by atoms with E-state index in [0.29, 0.717) is 0 Å². The van der Waals surface area contributed by atoms with Crippen LogP contribution in [0.1, 0.15) is 189 Å². The lowest BCUT2D eigenvalue weighted by Gasteiger charge is -2.40. The Bertz CT molecular complexity index is 2340. The SMILES string of the molecule is CCCCCCC1(CCCCCC)c2cc(C)ccc2-c2c1c1c(c3c2sc2c(-c4ccccc4)cccc23)-c2ccc(C)cc2C1(CCCCCC)CCCCCC. The maximum absolute atomic E-state index is 2.67. The first-order valence-corrected chi connectivity index (χ1v) is 25.1. The maximum atomic E-state index is 2.67. The third-order valence-corrected chi connectivity index (χ3v) is 16.0. The Morgan fingerprint density at radius 1 is 0.424 bits per heavy atom. The van der Waals surface area contributed by atoms with Crippen molar-refractivity contribution in [2.75, 3.05) is 0 Å². The molecule has 8 rings (SSSR count). The predicted octanol–water partition coefficient (Wildman–Crippen LogP) is 18.8. The van der Waals surface area contributed by atoms with E-state index in [4.69, 9.17) is 0 Å². The molecule has 0 N–H and O–H groups in total. The first kappa shape index (κ1) is 42.0. The first-order chi connectivity index (χ1) is 28.9. The molecule has 0 fully saturated rings. The van der Waals surface area contributed by atoms with E-state index in [1.807, 2.05) is 0 Å². The number of aryl methyl sites for hydroxylation is 2. The number of hydrogen-bond acceptors (Lipinski definition) is 1. The smallest absolute Gasteiger partial charge is 0.0443 e. The fourth-order valence-corrected chi connectivity index (χ4v) is 13.3. The molecular weight excluding hydrogens is 729 g/mol. The quantitative estimate of drug-likeness (QED) is 0.0636. The maximum Gasteiger partial charge on any atom is 0.0443 e. The fraction of sp³-hybridized carbons (Fsp3) is 0.483. The summed E-state index contributed by atoms with van der Waals surface area (Å²) < 4.78 is 3.00. The standard InChI is InChI=1S/C58H72S/c1-7-11-15-22-35-57(36-23-16-12-8-2)48-39-41(5)31-33-45(48)50-51-47-30-26-29-44(43-27-20-19-21-28-43)55(47)59-56(51)52-46-34-32-42(6)40-49(46)58(54(52)53(50)57,37-24-17-13-9-3)38-25-18-14-10-4/h19-21,26-34,39-40H,7-18,22-25,35-38H2,1-6H3. The van der Waals surface area contributed by atoms with Crippen molar-refractivity contribution in [3.63, 3.8) is 0 Å². The van der Waals surface area contributed by atoms with Gasteiger partial charge in [-0.05, 0) is 89.6 Å². The van der Waals surface area contributed by atoms with Crippen molar-refractivity contribution in [3.8, 4) is 33.4 Å². The highest BCUT2D eigenvalue weighted by Crippen LogP contribution is 2.68. The molecule has 0 atom stereocenters. The Morgan fingerprint density at radius 3 is 1.39 bits per heavy atom. The topological polar surface area (TPSA) is 0 Å². The molecule has 0 saturated heterocycles. The highest BCUT2D eigenvalue weighted by atomic mass is 32.1. The first-order valence-electron chi connectivity index (χ1n) is 24.3. The Morgan fingerprint density at radius 2 is 0.898 bits per heavy atom. The predicted molar refractivity (Wildman–Crippen MR) is 262 cm³/mol. The van der Waals surface area contributed by atoms with Crippen LogP contribution in [0.3, 0.4) is 0 Å². The molecule has 6 aromatic rings. The van der Waals surface area contributed by atoms with E-state index in [9.17, 15) is 0 Å². The van der Waals surface area contributed by atoms with Crippen molar-refractivity contribution in [2.24, 2.45) is 0 Å². The summed E-state index contributed by atoms with van der Waals surface area (Å²) in [5.41, 5.74) is 18.8. The Labute approximate surface area is 362 Å². The van der Waals surface area contributed by atoms with Crippen molar-refractivity contribution in [1.82, 2.24) is 0 Å². The van der Waals surface area contributed by atoms with Gasteiger partial charge in [0.25, 0.3) is 0 Å². The van der Waals surface area contributed by atoms with Crippen LogP contribution in [-0.4, -0.2) is 0 Å². The number of rotatable bonds is 21. The average molecular weight is 801 g/mol. The summed E-state index contributed by atoms with van der Waals surface area (Å²) in [4.78, 5) is 0. The summed E-state index contributed by atoms with van der Waals surface area (Å²) in [6.07, 6.45) is 26.0. The third-order valence-electron chi connectivity index (χ3n) is 14.7. The number of thiophene rings is 1. The summed E-state index contributed by atoms with van der Waals surface area (Å²) in [6.45, 7) is 14.2. The van der Waals surface area contributed by atoms with Gasteiger partial charge in [-0.1, -0.05) is 226 Å². The zero-order valence-corrected chi connectivity index (χ0v) is 38.4. The third kappa shape index (κ3) is 7.55. The van der Waals surface area contributed by atoms with E-state index >= 15 is 0 Å². The van der Waals surface area contributed by atoms with Gasteiger partial charge in [0.15, 0.2) is 0 Å². The molecule has 0 nitrogen and oxygen atoms in total. The van der Waals surface area contributed by atoms with Crippen molar-refractivity contribution in [1.29, 1.82) is 0 Å². The fourth-order valence-electron chi connectivity index (χ4n) is 11.9. The minimum absolute atomic E-state index is 0.0108. The molecule has 1 heterocycles. The minimum atomic E-state index is 0.0108. The van der Waals surface area contributed by atoms with Gasteiger partial charge in [-0.15, -0.1) is 11.3 Å². The zero-order chi connectivity index (χ0) is 41.0.